The van der Waals surface area contributed by atoms with Gasteiger partial charge in [0, 0.05) is 6.54 Å². The topological polar surface area (TPSA) is 63.7 Å². The smallest absolute Gasteiger partial charge is 0.324 e. The summed E-state index contributed by atoms with van der Waals surface area (Å²) in [4.78, 5) is 12.1. The summed E-state index contributed by atoms with van der Waals surface area (Å²) in [5, 5.41) is 0. The molecule has 2 fully saturated rings. The van der Waals surface area contributed by atoms with Crippen LogP contribution in [0.1, 0.15) is 13.8 Å². The van der Waals surface area contributed by atoms with Crippen molar-refractivity contribution in [1.29, 1.82) is 0 Å². The largest absolute Gasteiger partial charge is 0.468 e. The number of rotatable bonds is 3. The van der Waals surface area contributed by atoms with E-state index in [2.05, 4.69) is 0 Å². The molecule has 1 saturated heterocycles. The summed E-state index contributed by atoms with van der Waals surface area (Å²) in [6, 6.07) is 3.82. The van der Waals surface area contributed by atoms with Gasteiger partial charge in [0.2, 0.25) is 10.0 Å². The van der Waals surface area contributed by atoms with Gasteiger partial charge in [0.05, 0.1) is 12.0 Å². The number of sulfonamides is 1. The molecule has 0 amide bonds. The Balaban J connectivity index is 1.97. The Bertz CT molecular complexity index is 714. The molecule has 0 bridgehead atoms. The van der Waals surface area contributed by atoms with Gasteiger partial charge in [0.1, 0.15) is 11.9 Å². The summed E-state index contributed by atoms with van der Waals surface area (Å²) in [5.74, 6) is -0.931. The van der Waals surface area contributed by atoms with E-state index < -0.39 is 27.9 Å². The summed E-state index contributed by atoms with van der Waals surface area (Å²) in [6.07, 6.45) is 0. The third-order valence-corrected chi connectivity index (χ3v) is 6.89. The van der Waals surface area contributed by atoms with Crippen LogP contribution >= 0.6 is 0 Å². The lowest BCUT2D eigenvalue weighted by molar-refractivity contribution is -0.145. The van der Waals surface area contributed by atoms with Gasteiger partial charge >= 0.3 is 5.97 Å². The van der Waals surface area contributed by atoms with Crippen LogP contribution in [-0.2, 0) is 19.6 Å². The van der Waals surface area contributed by atoms with Crippen molar-refractivity contribution in [1.82, 2.24) is 4.31 Å². The maximum absolute atomic E-state index is 13.0. The highest BCUT2D eigenvalue weighted by molar-refractivity contribution is 7.89. The lowest BCUT2D eigenvalue weighted by Gasteiger charge is -2.28. The summed E-state index contributed by atoms with van der Waals surface area (Å²) in [7, 11) is -2.59. The highest BCUT2D eigenvalue weighted by atomic mass is 32.2. The van der Waals surface area contributed by atoms with Crippen molar-refractivity contribution in [3.05, 3.63) is 30.1 Å². The Morgan fingerprint density at radius 3 is 2.45 bits per heavy atom. The highest BCUT2D eigenvalue weighted by Crippen LogP contribution is 2.65. The Labute approximate surface area is 129 Å². The number of halogens is 1. The Morgan fingerprint density at radius 1 is 1.32 bits per heavy atom. The second-order valence-electron chi connectivity index (χ2n) is 6.45. The Hall–Kier alpha value is -1.47. The summed E-state index contributed by atoms with van der Waals surface area (Å²) >= 11 is 0. The molecule has 0 aromatic heterocycles. The molecule has 1 aliphatic heterocycles. The molecule has 1 aromatic carbocycles. The number of nitrogens with zero attached hydrogens (tertiary/aromatic N) is 1. The van der Waals surface area contributed by atoms with E-state index in [4.69, 9.17) is 4.74 Å². The van der Waals surface area contributed by atoms with E-state index in [1.165, 1.54) is 23.5 Å². The number of hydrogen-bond acceptors (Lipinski definition) is 4. The zero-order valence-electron chi connectivity index (χ0n) is 12.6. The van der Waals surface area contributed by atoms with Gasteiger partial charge in [-0.1, -0.05) is 13.8 Å². The van der Waals surface area contributed by atoms with E-state index in [1.54, 1.807) is 0 Å². The van der Waals surface area contributed by atoms with Crippen molar-refractivity contribution < 1.29 is 22.3 Å². The molecule has 1 aliphatic carbocycles. The van der Waals surface area contributed by atoms with Gasteiger partial charge in [0.25, 0.3) is 0 Å². The van der Waals surface area contributed by atoms with Crippen LogP contribution in [0.3, 0.4) is 0 Å². The van der Waals surface area contributed by atoms with Crippen molar-refractivity contribution in [2.45, 2.75) is 24.8 Å². The van der Waals surface area contributed by atoms with Gasteiger partial charge in [-0.3, -0.25) is 4.79 Å². The van der Waals surface area contributed by atoms with Crippen LogP contribution in [0.5, 0.6) is 0 Å². The van der Waals surface area contributed by atoms with Gasteiger partial charge < -0.3 is 4.74 Å². The molecule has 1 aromatic rings. The van der Waals surface area contributed by atoms with Crippen LogP contribution in [0.25, 0.3) is 0 Å². The van der Waals surface area contributed by atoms with Crippen molar-refractivity contribution in [3.8, 4) is 0 Å². The molecule has 1 heterocycles. The first-order valence-electron chi connectivity index (χ1n) is 7.06. The average molecular weight is 327 g/mol. The zero-order valence-corrected chi connectivity index (χ0v) is 13.4. The van der Waals surface area contributed by atoms with Crippen LogP contribution in [0.4, 0.5) is 4.39 Å². The van der Waals surface area contributed by atoms with Crippen LogP contribution in [0.15, 0.2) is 29.2 Å². The standard InChI is InChI=1S/C15H18FNO4S/c1-15(2)11-8-17(13(12(11)15)14(18)21-3)22(19,20)10-6-4-9(16)5-7-10/h4-7,11-13H,8H2,1-3H3/t11-,12-,13-/m0/s1. The second kappa shape index (κ2) is 4.76. The molecule has 3 rings (SSSR count). The first-order valence-corrected chi connectivity index (χ1v) is 8.50. The van der Waals surface area contributed by atoms with Crippen molar-refractivity contribution in [2.24, 2.45) is 17.3 Å². The molecular weight excluding hydrogens is 309 g/mol. The van der Waals surface area contributed by atoms with Gasteiger partial charge in [-0.05, 0) is 41.5 Å². The molecule has 120 valence electrons. The Morgan fingerprint density at radius 2 is 1.91 bits per heavy atom. The number of carbonyl (C=O) groups excluding carboxylic acids is 1. The maximum atomic E-state index is 13.0. The van der Waals surface area contributed by atoms with Gasteiger partial charge in [-0.15, -0.1) is 0 Å². The molecule has 0 radical (unpaired) electrons. The van der Waals surface area contributed by atoms with Crippen molar-refractivity contribution in [3.63, 3.8) is 0 Å². The van der Waals surface area contributed by atoms with Gasteiger partial charge in [-0.25, -0.2) is 12.8 Å². The second-order valence-corrected chi connectivity index (χ2v) is 8.34. The molecule has 0 spiro atoms. The maximum Gasteiger partial charge on any atom is 0.324 e. The van der Waals surface area contributed by atoms with Crippen molar-refractivity contribution in [2.75, 3.05) is 13.7 Å². The minimum absolute atomic E-state index is 0.0121. The molecule has 7 heteroatoms. The lowest BCUT2D eigenvalue weighted by atomic mass is 10.0. The first-order chi connectivity index (χ1) is 10.2. The fourth-order valence-corrected chi connectivity index (χ4v) is 5.25. The van der Waals surface area contributed by atoms with Crippen LogP contribution < -0.4 is 0 Å². The van der Waals surface area contributed by atoms with Gasteiger partial charge in [0.15, 0.2) is 0 Å². The number of esters is 1. The fraction of sp³-hybridized carbons (Fsp3) is 0.533. The number of ether oxygens (including phenoxy) is 1. The zero-order chi connectivity index (χ0) is 16.3. The van der Waals surface area contributed by atoms with Crippen LogP contribution in [-0.4, -0.2) is 38.4 Å². The minimum Gasteiger partial charge on any atom is -0.468 e. The van der Waals surface area contributed by atoms with E-state index >= 15 is 0 Å². The van der Waals surface area contributed by atoms with Crippen molar-refractivity contribution >= 4 is 16.0 Å². The minimum atomic E-state index is -3.85. The molecule has 1 saturated carbocycles. The first kappa shape index (κ1) is 15.4. The normalized spacial score (nSPS) is 29.9. The molecule has 0 N–H and O–H groups in total. The summed E-state index contributed by atoms with van der Waals surface area (Å²) in [6.45, 7) is 4.34. The number of fused-ring (bicyclic) bond motifs is 1. The van der Waals surface area contributed by atoms with Crippen LogP contribution in [0, 0.1) is 23.1 Å². The predicted octanol–water partition coefficient (Wildman–Crippen LogP) is 1.64. The summed E-state index contributed by atoms with van der Waals surface area (Å²) < 4.78 is 44.5. The van der Waals surface area contributed by atoms with E-state index in [1.807, 2.05) is 13.8 Å². The monoisotopic (exact) mass is 327 g/mol. The molecular formula is C15H18FNO4S. The van der Waals surface area contributed by atoms with E-state index in [9.17, 15) is 17.6 Å². The SMILES string of the molecule is COC(=O)[C@@H]1[C@@H]2[C@H](CN1S(=O)(=O)c1ccc(F)cc1)C2(C)C. The highest BCUT2D eigenvalue weighted by Gasteiger charge is 2.70. The predicted molar refractivity (Wildman–Crippen MR) is 76.9 cm³/mol. The van der Waals surface area contributed by atoms with E-state index in [0.717, 1.165) is 12.1 Å². The third-order valence-electron chi connectivity index (χ3n) is 5.03. The molecule has 5 nitrogen and oxygen atoms in total. The number of piperidine rings is 1. The fourth-order valence-electron chi connectivity index (χ4n) is 3.62. The number of hydrogen-bond donors (Lipinski definition) is 0. The number of carbonyl (C=O) groups is 1. The van der Waals surface area contributed by atoms with Gasteiger partial charge in [-0.2, -0.15) is 4.31 Å². The molecule has 22 heavy (non-hydrogen) atoms. The third kappa shape index (κ3) is 2.06. The molecule has 2 aliphatic rings. The van der Waals surface area contributed by atoms with Crippen LogP contribution in [0.2, 0.25) is 0 Å². The van der Waals surface area contributed by atoms with E-state index in [0.29, 0.717) is 0 Å². The average Bonchev–Trinajstić information content (AvgIpc) is 2.85. The van der Waals surface area contributed by atoms with E-state index in [-0.39, 0.29) is 28.7 Å². The molecule has 3 atom stereocenters. The lowest BCUT2D eigenvalue weighted by Crippen LogP contribution is -2.45. The molecule has 0 unspecified atom stereocenters. The quantitative estimate of drug-likeness (QED) is 0.792. The number of methoxy groups -OCH3 is 1. The Kier molecular flexibility index (Phi) is 3.34. The number of benzene rings is 1. The summed E-state index contributed by atoms with van der Waals surface area (Å²) in [5.41, 5.74) is -0.0618.